The van der Waals surface area contributed by atoms with Gasteiger partial charge in [-0.15, -0.1) is 0 Å². The number of hydrogen-bond acceptors (Lipinski definition) is 3. The lowest BCUT2D eigenvalue weighted by molar-refractivity contribution is 0.102. The van der Waals surface area contributed by atoms with Crippen molar-refractivity contribution in [3.05, 3.63) is 53.5 Å². The predicted octanol–water partition coefficient (Wildman–Crippen LogP) is 3.35. The summed E-state index contributed by atoms with van der Waals surface area (Å²) in [5, 5.41) is 2.64. The van der Waals surface area contributed by atoms with Crippen LogP contribution in [0.15, 0.2) is 36.5 Å². The number of aromatic nitrogens is 1. The molecule has 5 heteroatoms. The lowest BCUT2D eigenvalue weighted by Crippen LogP contribution is -2.16. The Balaban J connectivity index is 2.18. The van der Waals surface area contributed by atoms with Gasteiger partial charge in [-0.1, -0.05) is 32.9 Å². The maximum absolute atomic E-state index is 13.7. The molecule has 21 heavy (non-hydrogen) atoms. The maximum Gasteiger partial charge on any atom is 0.258 e. The lowest BCUT2D eigenvalue weighted by Gasteiger charge is -2.19. The molecule has 0 atom stereocenters. The number of halogens is 1. The summed E-state index contributed by atoms with van der Waals surface area (Å²) < 4.78 is 13.7. The predicted molar refractivity (Wildman–Crippen MR) is 81.7 cm³/mol. The van der Waals surface area contributed by atoms with Gasteiger partial charge in [0.05, 0.1) is 5.56 Å². The number of amides is 1. The van der Waals surface area contributed by atoms with Crippen LogP contribution >= 0.6 is 0 Å². The van der Waals surface area contributed by atoms with Crippen LogP contribution in [-0.4, -0.2) is 10.9 Å². The molecule has 2 aromatic rings. The van der Waals surface area contributed by atoms with Gasteiger partial charge in [-0.3, -0.25) is 4.79 Å². The summed E-state index contributed by atoms with van der Waals surface area (Å²) in [4.78, 5) is 15.6. The highest BCUT2D eigenvalue weighted by Crippen LogP contribution is 2.24. The third-order valence-electron chi connectivity index (χ3n) is 3.17. The van der Waals surface area contributed by atoms with Gasteiger partial charge in [0, 0.05) is 11.9 Å². The van der Waals surface area contributed by atoms with Crippen LogP contribution < -0.4 is 11.1 Å². The summed E-state index contributed by atoms with van der Waals surface area (Å²) in [6.07, 6.45) is 1.30. The van der Waals surface area contributed by atoms with E-state index in [2.05, 4.69) is 31.1 Å². The molecule has 3 N–H and O–H groups in total. The van der Waals surface area contributed by atoms with Crippen molar-refractivity contribution in [3.8, 4) is 0 Å². The number of anilines is 2. The minimum Gasteiger partial charge on any atom is -0.381 e. The van der Waals surface area contributed by atoms with Crippen LogP contribution in [0.3, 0.4) is 0 Å². The molecule has 0 aliphatic carbocycles. The first-order chi connectivity index (χ1) is 9.79. The summed E-state index contributed by atoms with van der Waals surface area (Å²) >= 11 is 0. The third kappa shape index (κ3) is 3.37. The number of nitrogens with two attached hydrogens (primary N) is 1. The van der Waals surface area contributed by atoms with Crippen molar-refractivity contribution in [2.75, 3.05) is 11.1 Å². The molecule has 0 saturated carbocycles. The van der Waals surface area contributed by atoms with Gasteiger partial charge in [-0.25, -0.2) is 9.37 Å². The number of benzene rings is 1. The van der Waals surface area contributed by atoms with Gasteiger partial charge in [0.25, 0.3) is 5.91 Å². The Hall–Kier alpha value is -2.43. The molecule has 0 saturated heterocycles. The zero-order chi connectivity index (χ0) is 15.6. The number of nitrogens with zero attached hydrogens (tertiary/aromatic N) is 1. The summed E-state index contributed by atoms with van der Waals surface area (Å²) in [6.45, 7) is 6.32. The maximum atomic E-state index is 13.7. The van der Waals surface area contributed by atoms with Crippen molar-refractivity contribution in [1.29, 1.82) is 0 Å². The summed E-state index contributed by atoms with van der Waals surface area (Å²) in [5.74, 6) is -1.64. The van der Waals surface area contributed by atoms with Crippen molar-refractivity contribution in [1.82, 2.24) is 4.98 Å². The van der Waals surface area contributed by atoms with E-state index in [0.29, 0.717) is 5.69 Å². The molecule has 0 radical (unpaired) electrons. The fourth-order valence-electron chi connectivity index (χ4n) is 1.89. The molecule has 1 aromatic carbocycles. The fourth-order valence-corrected chi connectivity index (χ4v) is 1.89. The van der Waals surface area contributed by atoms with Crippen LogP contribution in [0.5, 0.6) is 0 Å². The van der Waals surface area contributed by atoms with Crippen molar-refractivity contribution >= 4 is 17.4 Å². The summed E-state index contributed by atoms with van der Waals surface area (Å²) in [5.41, 5.74) is 7.02. The van der Waals surface area contributed by atoms with Crippen LogP contribution in [0.4, 0.5) is 15.9 Å². The van der Waals surface area contributed by atoms with Crippen LogP contribution in [0.25, 0.3) is 0 Å². The molecule has 4 nitrogen and oxygen atoms in total. The first kappa shape index (κ1) is 15.0. The Bertz CT molecular complexity index is 660. The molecule has 1 amide bonds. The number of pyridine rings is 1. The number of carbonyl (C=O) groups is 1. The van der Waals surface area contributed by atoms with Gasteiger partial charge < -0.3 is 11.1 Å². The van der Waals surface area contributed by atoms with Crippen LogP contribution in [0.2, 0.25) is 0 Å². The molecule has 0 aliphatic rings. The molecular weight excluding hydrogens is 269 g/mol. The van der Waals surface area contributed by atoms with E-state index in [9.17, 15) is 9.18 Å². The fraction of sp³-hybridized carbons (Fsp3) is 0.250. The molecule has 2 rings (SSSR count). The molecule has 0 unspecified atom stereocenters. The SMILES string of the molecule is CC(C)(C)c1ccc(NC(=O)c2ccnc(N)c2F)cc1. The van der Waals surface area contributed by atoms with Crippen molar-refractivity contribution in [3.63, 3.8) is 0 Å². The van der Waals surface area contributed by atoms with Gasteiger partial charge in [0.15, 0.2) is 11.6 Å². The van der Waals surface area contributed by atoms with Gasteiger partial charge >= 0.3 is 0 Å². The second-order valence-electron chi connectivity index (χ2n) is 5.84. The Kier molecular flexibility index (Phi) is 3.93. The average molecular weight is 287 g/mol. The highest BCUT2D eigenvalue weighted by molar-refractivity contribution is 6.04. The average Bonchev–Trinajstić information content (AvgIpc) is 2.41. The van der Waals surface area contributed by atoms with E-state index in [1.54, 1.807) is 12.1 Å². The lowest BCUT2D eigenvalue weighted by atomic mass is 9.87. The highest BCUT2D eigenvalue weighted by atomic mass is 19.1. The highest BCUT2D eigenvalue weighted by Gasteiger charge is 2.16. The van der Waals surface area contributed by atoms with Crippen molar-refractivity contribution < 1.29 is 9.18 Å². The van der Waals surface area contributed by atoms with Gasteiger partial charge in [0.1, 0.15) is 0 Å². The number of rotatable bonds is 2. The standard InChI is InChI=1S/C16H18FN3O/c1-16(2,3)10-4-6-11(7-5-10)20-15(21)12-8-9-19-14(18)13(12)17/h4-9H,1-3H3,(H2,18,19)(H,20,21). The molecule has 0 aliphatic heterocycles. The van der Waals surface area contributed by atoms with Crippen LogP contribution in [0, 0.1) is 5.82 Å². The molecule has 0 fully saturated rings. The van der Waals surface area contributed by atoms with E-state index in [1.165, 1.54) is 12.3 Å². The topological polar surface area (TPSA) is 68.0 Å². The molecule has 110 valence electrons. The quantitative estimate of drug-likeness (QED) is 0.890. The number of carbonyl (C=O) groups excluding carboxylic acids is 1. The Morgan fingerprint density at radius 3 is 2.38 bits per heavy atom. The molecule has 0 spiro atoms. The first-order valence-corrected chi connectivity index (χ1v) is 6.61. The molecule has 1 heterocycles. The second kappa shape index (κ2) is 5.52. The largest absolute Gasteiger partial charge is 0.381 e. The van der Waals surface area contributed by atoms with E-state index in [0.717, 1.165) is 5.56 Å². The minimum atomic E-state index is -0.804. The number of nitrogens with one attached hydrogen (secondary N) is 1. The van der Waals surface area contributed by atoms with E-state index < -0.39 is 11.7 Å². The van der Waals surface area contributed by atoms with E-state index in [-0.39, 0.29) is 16.8 Å². The Morgan fingerprint density at radius 2 is 1.81 bits per heavy atom. The monoisotopic (exact) mass is 287 g/mol. The van der Waals surface area contributed by atoms with Crippen molar-refractivity contribution in [2.45, 2.75) is 26.2 Å². The zero-order valence-electron chi connectivity index (χ0n) is 12.3. The second-order valence-corrected chi connectivity index (χ2v) is 5.84. The first-order valence-electron chi connectivity index (χ1n) is 6.61. The number of hydrogen-bond donors (Lipinski definition) is 2. The van der Waals surface area contributed by atoms with E-state index >= 15 is 0 Å². The molecule has 1 aromatic heterocycles. The number of nitrogen functional groups attached to an aromatic ring is 1. The van der Waals surface area contributed by atoms with Crippen LogP contribution in [-0.2, 0) is 5.41 Å². The normalized spacial score (nSPS) is 11.2. The third-order valence-corrected chi connectivity index (χ3v) is 3.17. The van der Waals surface area contributed by atoms with Crippen LogP contribution in [0.1, 0.15) is 36.7 Å². The molecule has 0 bridgehead atoms. The van der Waals surface area contributed by atoms with Gasteiger partial charge in [-0.2, -0.15) is 0 Å². The Labute approximate surface area is 123 Å². The van der Waals surface area contributed by atoms with Gasteiger partial charge in [0.2, 0.25) is 0 Å². The van der Waals surface area contributed by atoms with E-state index in [1.807, 2.05) is 12.1 Å². The summed E-state index contributed by atoms with van der Waals surface area (Å²) in [7, 11) is 0. The Morgan fingerprint density at radius 1 is 1.19 bits per heavy atom. The van der Waals surface area contributed by atoms with Gasteiger partial charge in [-0.05, 0) is 29.2 Å². The minimum absolute atomic E-state index is 0.0359. The van der Waals surface area contributed by atoms with Crippen molar-refractivity contribution in [2.24, 2.45) is 0 Å². The zero-order valence-corrected chi connectivity index (χ0v) is 12.3. The van der Waals surface area contributed by atoms with E-state index in [4.69, 9.17) is 5.73 Å². The smallest absolute Gasteiger partial charge is 0.258 e. The summed E-state index contributed by atoms with van der Waals surface area (Å²) in [6, 6.07) is 8.76. The molecular formula is C16H18FN3O.